The van der Waals surface area contributed by atoms with Gasteiger partial charge < -0.3 is 28.8 Å². The molecule has 12 heteroatoms. The molecule has 0 amide bonds. The number of methoxy groups -OCH3 is 1. The molecule has 0 unspecified atom stereocenters. The quantitative estimate of drug-likeness (QED) is 0.146. The molecule has 2 aromatic heterocycles. The van der Waals surface area contributed by atoms with Crippen molar-refractivity contribution in [2.45, 2.75) is 0 Å². The molecule has 0 spiro atoms. The number of hydrogen-bond acceptors (Lipinski definition) is 12. The van der Waals surface area contributed by atoms with E-state index in [4.69, 9.17) is 18.6 Å². The van der Waals surface area contributed by atoms with Crippen molar-refractivity contribution in [3.63, 3.8) is 0 Å². The lowest BCUT2D eigenvalue weighted by Gasteiger charge is -2.27. The molecule has 2 aromatic carbocycles. The van der Waals surface area contributed by atoms with E-state index in [1.807, 2.05) is 35.2 Å². The first kappa shape index (κ1) is 24.7. The number of furan rings is 1. The number of nitrogens with one attached hydrogen (secondary N) is 2. The Labute approximate surface area is 218 Å². The summed E-state index contributed by atoms with van der Waals surface area (Å²) in [5, 5.41) is 7.48. The summed E-state index contributed by atoms with van der Waals surface area (Å²) >= 11 is 0. The van der Waals surface area contributed by atoms with E-state index in [0.717, 1.165) is 5.69 Å². The SMILES string of the molecule is COc1cc(/C=N\Nc2nc(Nc3ccccc3)nc(N3CCOCC3)n2)ccc1OC(=O)c1ccco1. The Morgan fingerprint density at radius 1 is 1.00 bits per heavy atom. The van der Waals surface area contributed by atoms with Crippen LogP contribution in [0.25, 0.3) is 0 Å². The lowest BCUT2D eigenvalue weighted by Crippen LogP contribution is -2.37. The van der Waals surface area contributed by atoms with Crippen LogP contribution in [0, 0.1) is 0 Å². The topological polar surface area (TPSA) is 136 Å². The molecule has 4 aromatic rings. The van der Waals surface area contributed by atoms with E-state index in [1.54, 1.807) is 30.5 Å². The molecule has 0 saturated carbocycles. The Balaban J connectivity index is 1.31. The van der Waals surface area contributed by atoms with Gasteiger partial charge in [0.1, 0.15) is 0 Å². The van der Waals surface area contributed by atoms with Crippen LogP contribution in [-0.4, -0.2) is 60.5 Å². The van der Waals surface area contributed by atoms with Crippen LogP contribution in [0.5, 0.6) is 11.5 Å². The number of hydrogen-bond donors (Lipinski definition) is 2. The molecule has 194 valence electrons. The number of rotatable bonds is 9. The number of para-hydroxylation sites is 1. The molecule has 38 heavy (non-hydrogen) atoms. The van der Waals surface area contributed by atoms with Crippen molar-refractivity contribution in [1.29, 1.82) is 0 Å². The zero-order valence-electron chi connectivity index (χ0n) is 20.5. The number of carbonyl (C=O) groups excluding carboxylic acids is 1. The molecular formula is C26H25N7O5. The van der Waals surface area contributed by atoms with Crippen molar-refractivity contribution in [2.75, 3.05) is 49.1 Å². The standard InChI is InChI=1S/C26H25N7O5/c1-35-22-16-18(9-10-20(22)38-23(34)21-8-5-13-37-21)17-27-32-25-29-24(28-19-6-3-2-4-7-19)30-26(31-25)33-11-14-36-15-12-33/h2-10,13,16-17H,11-12,14-15H2,1H3,(H2,28,29,30,31,32)/b27-17-. The summed E-state index contributed by atoms with van der Waals surface area (Å²) in [5.41, 5.74) is 4.41. The lowest BCUT2D eigenvalue weighted by molar-refractivity contribution is 0.0696. The number of nitrogens with zero attached hydrogens (tertiary/aromatic N) is 5. The summed E-state index contributed by atoms with van der Waals surface area (Å²) in [4.78, 5) is 27.8. The summed E-state index contributed by atoms with van der Waals surface area (Å²) in [6.07, 6.45) is 2.97. The Morgan fingerprint density at radius 3 is 2.58 bits per heavy atom. The Bertz CT molecular complexity index is 1390. The smallest absolute Gasteiger partial charge is 0.379 e. The number of hydrazone groups is 1. The van der Waals surface area contributed by atoms with Crippen LogP contribution in [0.3, 0.4) is 0 Å². The van der Waals surface area contributed by atoms with Crippen molar-refractivity contribution in [3.8, 4) is 11.5 Å². The third-order valence-electron chi connectivity index (χ3n) is 5.44. The molecule has 1 saturated heterocycles. The summed E-state index contributed by atoms with van der Waals surface area (Å²) in [6, 6.07) is 17.8. The minimum Gasteiger partial charge on any atom is -0.493 e. The summed E-state index contributed by atoms with van der Waals surface area (Å²) in [5.74, 6) is 1.26. The number of esters is 1. The molecule has 0 aliphatic carbocycles. The molecule has 12 nitrogen and oxygen atoms in total. The van der Waals surface area contributed by atoms with Crippen LogP contribution in [-0.2, 0) is 4.74 Å². The number of ether oxygens (including phenoxy) is 3. The number of morpholine rings is 1. The highest BCUT2D eigenvalue weighted by Gasteiger charge is 2.17. The van der Waals surface area contributed by atoms with Gasteiger partial charge in [0.2, 0.25) is 23.6 Å². The van der Waals surface area contributed by atoms with Crippen LogP contribution in [0.1, 0.15) is 16.1 Å². The van der Waals surface area contributed by atoms with Gasteiger partial charge in [-0.05, 0) is 48.0 Å². The zero-order valence-corrected chi connectivity index (χ0v) is 20.5. The van der Waals surface area contributed by atoms with Gasteiger partial charge in [0, 0.05) is 18.8 Å². The molecular weight excluding hydrogens is 490 g/mol. The normalized spacial score (nSPS) is 13.3. The van der Waals surface area contributed by atoms with E-state index in [-0.39, 0.29) is 17.5 Å². The number of carbonyl (C=O) groups is 1. The molecule has 0 bridgehead atoms. The monoisotopic (exact) mass is 515 g/mol. The first-order chi connectivity index (χ1) is 18.7. The molecule has 2 N–H and O–H groups in total. The second-order valence-electron chi connectivity index (χ2n) is 8.02. The Hall–Kier alpha value is -4.97. The van der Waals surface area contributed by atoms with E-state index < -0.39 is 5.97 Å². The van der Waals surface area contributed by atoms with E-state index in [0.29, 0.717) is 49.5 Å². The molecule has 0 atom stereocenters. The lowest BCUT2D eigenvalue weighted by atomic mass is 10.2. The largest absolute Gasteiger partial charge is 0.493 e. The number of aromatic nitrogens is 3. The van der Waals surface area contributed by atoms with Gasteiger partial charge in [-0.3, -0.25) is 0 Å². The van der Waals surface area contributed by atoms with Crippen LogP contribution in [0.4, 0.5) is 23.5 Å². The highest BCUT2D eigenvalue weighted by molar-refractivity contribution is 5.89. The average molecular weight is 516 g/mol. The average Bonchev–Trinajstić information content (AvgIpc) is 3.50. The first-order valence-electron chi connectivity index (χ1n) is 11.8. The van der Waals surface area contributed by atoms with Crippen LogP contribution < -0.4 is 25.1 Å². The van der Waals surface area contributed by atoms with Crippen LogP contribution in [0.2, 0.25) is 0 Å². The maximum atomic E-state index is 12.2. The Morgan fingerprint density at radius 2 is 1.82 bits per heavy atom. The minimum absolute atomic E-state index is 0.0943. The second kappa shape index (κ2) is 11.8. The fourth-order valence-corrected chi connectivity index (χ4v) is 3.58. The van der Waals surface area contributed by atoms with Gasteiger partial charge in [0.25, 0.3) is 0 Å². The summed E-state index contributed by atoms with van der Waals surface area (Å²) in [6.45, 7) is 2.55. The molecule has 0 radical (unpaired) electrons. The van der Waals surface area contributed by atoms with Gasteiger partial charge >= 0.3 is 5.97 Å². The maximum Gasteiger partial charge on any atom is 0.379 e. The minimum atomic E-state index is -0.623. The van der Waals surface area contributed by atoms with Crippen molar-refractivity contribution in [3.05, 3.63) is 78.3 Å². The van der Waals surface area contributed by atoms with Crippen LogP contribution in [0.15, 0.2) is 76.4 Å². The molecule has 1 aliphatic rings. The fourth-order valence-electron chi connectivity index (χ4n) is 3.58. The van der Waals surface area contributed by atoms with Gasteiger partial charge in [-0.2, -0.15) is 20.1 Å². The van der Waals surface area contributed by atoms with E-state index in [9.17, 15) is 4.79 Å². The van der Waals surface area contributed by atoms with Gasteiger partial charge in [-0.15, -0.1) is 0 Å². The van der Waals surface area contributed by atoms with E-state index in [1.165, 1.54) is 19.4 Å². The maximum absolute atomic E-state index is 12.2. The number of benzene rings is 2. The van der Waals surface area contributed by atoms with Crippen LogP contribution >= 0.6 is 0 Å². The van der Waals surface area contributed by atoms with Crippen molar-refractivity contribution in [1.82, 2.24) is 15.0 Å². The van der Waals surface area contributed by atoms with E-state index in [2.05, 4.69) is 30.8 Å². The van der Waals surface area contributed by atoms with Gasteiger partial charge in [0.15, 0.2) is 11.5 Å². The van der Waals surface area contributed by atoms with Gasteiger partial charge in [-0.1, -0.05) is 18.2 Å². The second-order valence-corrected chi connectivity index (χ2v) is 8.02. The first-order valence-corrected chi connectivity index (χ1v) is 11.8. The number of anilines is 4. The molecule has 3 heterocycles. The highest BCUT2D eigenvalue weighted by atomic mass is 16.6. The Kier molecular flexibility index (Phi) is 7.70. The third-order valence-corrected chi connectivity index (χ3v) is 5.44. The van der Waals surface area contributed by atoms with Crippen molar-refractivity contribution in [2.24, 2.45) is 5.10 Å². The molecule has 5 rings (SSSR count). The molecule has 1 fully saturated rings. The predicted octanol–water partition coefficient (Wildman–Crippen LogP) is 3.72. The van der Waals surface area contributed by atoms with Crippen molar-refractivity contribution >= 4 is 35.7 Å². The third kappa shape index (κ3) is 6.23. The van der Waals surface area contributed by atoms with E-state index >= 15 is 0 Å². The van der Waals surface area contributed by atoms with Gasteiger partial charge in [0.05, 0.1) is 32.8 Å². The summed E-state index contributed by atoms with van der Waals surface area (Å²) in [7, 11) is 1.48. The highest BCUT2D eigenvalue weighted by Crippen LogP contribution is 2.28. The zero-order chi connectivity index (χ0) is 26.2. The molecule has 1 aliphatic heterocycles. The summed E-state index contributed by atoms with van der Waals surface area (Å²) < 4.78 is 21.3. The fraction of sp³-hybridized carbons (Fsp3) is 0.192. The predicted molar refractivity (Wildman–Crippen MR) is 140 cm³/mol. The van der Waals surface area contributed by atoms with Gasteiger partial charge in [-0.25, -0.2) is 10.2 Å². The van der Waals surface area contributed by atoms with Crippen molar-refractivity contribution < 1.29 is 23.4 Å².